The van der Waals surface area contributed by atoms with Gasteiger partial charge in [0.2, 0.25) is 0 Å². The number of hydrogen-bond acceptors (Lipinski definition) is 5. The monoisotopic (exact) mass is 308 g/mol. The third-order valence-electron chi connectivity index (χ3n) is 2.57. The van der Waals surface area contributed by atoms with E-state index in [1.54, 1.807) is 12.3 Å². The third kappa shape index (κ3) is 3.20. The molecule has 0 aliphatic carbocycles. The summed E-state index contributed by atoms with van der Waals surface area (Å²) in [5.74, 6) is 0.0338. The Hall–Kier alpha value is -1.79. The number of hydrogen-bond donors (Lipinski definition) is 2. The molecular weight excluding hydrogens is 296 g/mol. The molecule has 2 aromatic rings. The molecule has 0 aliphatic rings. The predicted molar refractivity (Wildman–Crippen MR) is 79.6 cm³/mol. The summed E-state index contributed by atoms with van der Waals surface area (Å²) in [5, 5.41) is 13.3. The SMILES string of the molecule is Cc1cc(Sc2ccc(Cl)cn2)c(/C(N)=N/O)c(C)n1. The highest BCUT2D eigenvalue weighted by Crippen LogP contribution is 2.31. The number of pyridine rings is 2. The first-order valence-corrected chi connectivity index (χ1v) is 6.96. The van der Waals surface area contributed by atoms with Crippen molar-refractivity contribution in [2.45, 2.75) is 23.8 Å². The molecule has 0 bridgehead atoms. The molecule has 7 heteroatoms. The molecule has 0 unspecified atom stereocenters. The Morgan fingerprint density at radius 3 is 2.75 bits per heavy atom. The molecule has 0 saturated carbocycles. The van der Waals surface area contributed by atoms with Crippen molar-refractivity contribution in [2.75, 3.05) is 0 Å². The van der Waals surface area contributed by atoms with E-state index in [0.29, 0.717) is 16.3 Å². The third-order valence-corrected chi connectivity index (χ3v) is 3.79. The van der Waals surface area contributed by atoms with Crippen LogP contribution >= 0.6 is 23.4 Å². The number of oxime groups is 1. The summed E-state index contributed by atoms with van der Waals surface area (Å²) in [7, 11) is 0. The fourth-order valence-corrected chi connectivity index (χ4v) is 2.93. The summed E-state index contributed by atoms with van der Waals surface area (Å²) in [6, 6.07) is 5.45. The molecular formula is C13H13ClN4OS. The van der Waals surface area contributed by atoms with Gasteiger partial charge in [0.15, 0.2) is 5.84 Å². The summed E-state index contributed by atoms with van der Waals surface area (Å²) in [6.07, 6.45) is 1.58. The van der Waals surface area contributed by atoms with Crippen LogP contribution in [0.5, 0.6) is 0 Å². The Morgan fingerprint density at radius 1 is 1.40 bits per heavy atom. The van der Waals surface area contributed by atoms with Gasteiger partial charge >= 0.3 is 0 Å². The normalized spacial score (nSPS) is 11.7. The highest BCUT2D eigenvalue weighted by Gasteiger charge is 2.14. The van der Waals surface area contributed by atoms with E-state index in [-0.39, 0.29) is 5.84 Å². The predicted octanol–water partition coefficient (Wildman–Crippen LogP) is 2.99. The second kappa shape index (κ2) is 6.11. The fraction of sp³-hybridized carbons (Fsp3) is 0.154. The maximum atomic E-state index is 8.90. The van der Waals surface area contributed by atoms with Gasteiger partial charge in [-0.1, -0.05) is 28.5 Å². The Balaban J connectivity index is 2.47. The van der Waals surface area contributed by atoms with Gasteiger partial charge in [-0.2, -0.15) is 0 Å². The molecule has 20 heavy (non-hydrogen) atoms. The van der Waals surface area contributed by atoms with E-state index in [4.69, 9.17) is 22.5 Å². The van der Waals surface area contributed by atoms with E-state index in [1.165, 1.54) is 11.8 Å². The van der Waals surface area contributed by atoms with Crippen LogP contribution in [-0.4, -0.2) is 21.0 Å². The number of aromatic nitrogens is 2. The quantitative estimate of drug-likeness (QED) is 0.394. The number of amidine groups is 1. The maximum absolute atomic E-state index is 8.90. The number of aryl methyl sites for hydroxylation is 2. The first-order valence-electron chi connectivity index (χ1n) is 5.77. The second-order valence-electron chi connectivity index (χ2n) is 4.12. The second-order valence-corrected chi connectivity index (χ2v) is 5.62. The van der Waals surface area contributed by atoms with Crippen LogP contribution in [0.3, 0.4) is 0 Å². The van der Waals surface area contributed by atoms with Crippen LogP contribution in [-0.2, 0) is 0 Å². The molecule has 2 aromatic heterocycles. The zero-order chi connectivity index (χ0) is 14.7. The molecule has 5 nitrogen and oxygen atoms in total. The van der Waals surface area contributed by atoms with Crippen LogP contribution in [0.2, 0.25) is 5.02 Å². The minimum absolute atomic E-state index is 0.0338. The van der Waals surface area contributed by atoms with Gasteiger partial charge in [-0.25, -0.2) is 4.98 Å². The Morgan fingerprint density at radius 2 is 2.15 bits per heavy atom. The van der Waals surface area contributed by atoms with Crippen LogP contribution in [0, 0.1) is 13.8 Å². The lowest BCUT2D eigenvalue weighted by Crippen LogP contribution is -2.17. The Labute approximate surface area is 125 Å². The molecule has 0 saturated heterocycles. The van der Waals surface area contributed by atoms with Crippen molar-refractivity contribution in [1.82, 2.24) is 9.97 Å². The minimum atomic E-state index is 0.0338. The van der Waals surface area contributed by atoms with Crippen molar-refractivity contribution in [3.63, 3.8) is 0 Å². The molecule has 0 aromatic carbocycles. The van der Waals surface area contributed by atoms with Gasteiger partial charge in [-0.15, -0.1) is 0 Å². The molecule has 104 valence electrons. The summed E-state index contributed by atoms with van der Waals surface area (Å²) in [5.41, 5.74) is 7.90. The van der Waals surface area contributed by atoms with Gasteiger partial charge in [0, 0.05) is 22.5 Å². The number of nitrogens with two attached hydrogens (primary N) is 1. The molecule has 0 atom stereocenters. The van der Waals surface area contributed by atoms with Gasteiger partial charge < -0.3 is 10.9 Å². The van der Waals surface area contributed by atoms with Crippen LogP contribution < -0.4 is 5.73 Å². The highest BCUT2D eigenvalue weighted by molar-refractivity contribution is 7.99. The largest absolute Gasteiger partial charge is 0.409 e. The summed E-state index contributed by atoms with van der Waals surface area (Å²) < 4.78 is 0. The van der Waals surface area contributed by atoms with E-state index in [9.17, 15) is 0 Å². The highest BCUT2D eigenvalue weighted by atomic mass is 35.5. The molecule has 2 rings (SSSR count). The molecule has 0 radical (unpaired) electrons. The van der Waals surface area contributed by atoms with E-state index >= 15 is 0 Å². The number of rotatable bonds is 3. The molecule has 2 heterocycles. The van der Waals surface area contributed by atoms with E-state index in [1.807, 2.05) is 26.0 Å². The van der Waals surface area contributed by atoms with Gasteiger partial charge in [0.1, 0.15) is 5.03 Å². The lowest BCUT2D eigenvalue weighted by atomic mass is 10.1. The van der Waals surface area contributed by atoms with Crippen LogP contribution in [0.25, 0.3) is 0 Å². The maximum Gasteiger partial charge on any atom is 0.173 e. The topological polar surface area (TPSA) is 84.4 Å². The smallest absolute Gasteiger partial charge is 0.173 e. The van der Waals surface area contributed by atoms with Gasteiger partial charge in [0.05, 0.1) is 10.6 Å². The van der Waals surface area contributed by atoms with Crippen molar-refractivity contribution < 1.29 is 5.21 Å². The van der Waals surface area contributed by atoms with Crippen LogP contribution in [0.15, 0.2) is 39.5 Å². The Kier molecular flexibility index (Phi) is 4.46. The van der Waals surface area contributed by atoms with E-state index in [2.05, 4.69) is 15.1 Å². The van der Waals surface area contributed by atoms with Crippen molar-refractivity contribution >= 4 is 29.2 Å². The molecule has 0 fully saturated rings. The average molecular weight is 309 g/mol. The van der Waals surface area contributed by atoms with E-state index < -0.39 is 0 Å². The zero-order valence-corrected chi connectivity index (χ0v) is 12.5. The first-order chi connectivity index (χ1) is 9.51. The fourth-order valence-electron chi connectivity index (χ4n) is 1.77. The van der Waals surface area contributed by atoms with Gasteiger partial charge in [-0.05, 0) is 32.0 Å². The van der Waals surface area contributed by atoms with Crippen molar-refractivity contribution in [2.24, 2.45) is 10.9 Å². The van der Waals surface area contributed by atoms with Crippen molar-refractivity contribution in [1.29, 1.82) is 0 Å². The molecule has 0 spiro atoms. The van der Waals surface area contributed by atoms with Gasteiger partial charge in [0.25, 0.3) is 0 Å². The van der Waals surface area contributed by atoms with Crippen LogP contribution in [0.1, 0.15) is 17.0 Å². The van der Waals surface area contributed by atoms with E-state index in [0.717, 1.165) is 15.6 Å². The Bertz CT molecular complexity index is 658. The number of nitrogens with zero attached hydrogens (tertiary/aromatic N) is 3. The lowest BCUT2D eigenvalue weighted by molar-refractivity contribution is 0.318. The standard InChI is InChI=1S/C13H13ClN4OS/c1-7-5-10(12(8(2)17-7)13(15)18-19)20-11-4-3-9(14)6-16-11/h3-6,19H,1-2H3,(H2,15,18). The van der Waals surface area contributed by atoms with Crippen molar-refractivity contribution in [3.05, 3.63) is 46.4 Å². The van der Waals surface area contributed by atoms with Crippen LogP contribution in [0.4, 0.5) is 0 Å². The average Bonchev–Trinajstić information content (AvgIpc) is 2.40. The lowest BCUT2D eigenvalue weighted by Gasteiger charge is -2.11. The van der Waals surface area contributed by atoms with Gasteiger partial charge in [-0.3, -0.25) is 4.98 Å². The molecule has 0 amide bonds. The summed E-state index contributed by atoms with van der Waals surface area (Å²) >= 11 is 7.23. The summed E-state index contributed by atoms with van der Waals surface area (Å²) in [6.45, 7) is 3.71. The zero-order valence-electron chi connectivity index (χ0n) is 11.0. The van der Waals surface area contributed by atoms with Crippen molar-refractivity contribution in [3.8, 4) is 0 Å². The summed E-state index contributed by atoms with van der Waals surface area (Å²) in [4.78, 5) is 9.39. The first kappa shape index (κ1) is 14.6. The minimum Gasteiger partial charge on any atom is -0.409 e. The molecule has 3 N–H and O–H groups in total. The number of halogens is 1. The molecule has 0 aliphatic heterocycles.